The smallest absolute Gasteiger partial charge is 0.0374 e. The molecule has 0 aromatic heterocycles. The van der Waals surface area contributed by atoms with Crippen molar-refractivity contribution in [1.29, 1.82) is 0 Å². The van der Waals surface area contributed by atoms with Gasteiger partial charge in [-0.25, -0.2) is 0 Å². The van der Waals surface area contributed by atoms with E-state index < -0.39 is 0 Å². The van der Waals surface area contributed by atoms with Crippen LogP contribution in [0.2, 0.25) is 0 Å². The van der Waals surface area contributed by atoms with Crippen molar-refractivity contribution in [2.75, 3.05) is 5.32 Å². The highest BCUT2D eigenvalue weighted by Gasteiger charge is 2.03. The van der Waals surface area contributed by atoms with Crippen molar-refractivity contribution in [1.82, 2.24) is 0 Å². The van der Waals surface area contributed by atoms with Gasteiger partial charge in [0, 0.05) is 13.2 Å². The minimum absolute atomic E-state index is 0. The summed E-state index contributed by atoms with van der Waals surface area (Å²) < 4.78 is 0. The maximum absolute atomic E-state index is 3.54. The molecule has 0 aliphatic heterocycles. The Morgan fingerprint density at radius 1 is 1.36 bits per heavy atom. The lowest BCUT2D eigenvalue weighted by Crippen LogP contribution is -2.14. The molecule has 0 amide bonds. The predicted molar refractivity (Wildman–Crippen MR) is 66.0 cm³/mol. The molecular formula is C13H23N. The first-order valence-electron chi connectivity index (χ1n) is 5.53. The molecule has 1 heteroatoms. The highest BCUT2D eigenvalue weighted by Crippen LogP contribution is 2.19. The second-order valence-corrected chi connectivity index (χ2v) is 3.97. The number of aryl methyl sites for hydroxylation is 2. The molecule has 1 atom stereocenters. The summed E-state index contributed by atoms with van der Waals surface area (Å²) in [7, 11) is 0. The van der Waals surface area contributed by atoms with Gasteiger partial charge in [0.2, 0.25) is 0 Å². The van der Waals surface area contributed by atoms with Crippen LogP contribution in [0.25, 0.3) is 0 Å². The van der Waals surface area contributed by atoms with Gasteiger partial charge >= 0.3 is 0 Å². The number of anilines is 1. The number of benzene rings is 1. The highest BCUT2D eigenvalue weighted by molar-refractivity contribution is 5.53. The lowest BCUT2D eigenvalue weighted by molar-refractivity contribution is 0.762. The van der Waals surface area contributed by atoms with Crippen molar-refractivity contribution in [3.8, 4) is 0 Å². The molecule has 0 aliphatic carbocycles. The van der Waals surface area contributed by atoms with E-state index in [0.29, 0.717) is 6.04 Å². The molecule has 0 heterocycles. The Bertz CT molecular complexity index is 297. The Hall–Kier alpha value is -0.980. The summed E-state index contributed by atoms with van der Waals surface area (Å²) in [6.07, 6.45) is 2.26. The first kappa shape index (κ1) is 11.1. The fraction of sp³-hybridized carbons (Fsp3) is 0.538. The zero-order chi connectivity index (χ0) is 10.6. The third kappa shape index (κ3) is 2.76. The maximum Gasteiger partial charge on any atom is 0.0374 e. The Balaban J connectivity index is 0.00000196. The molecule has 0 saturated heterocycles. The van der Waals surface area contributed by atoms with E-state index in [4.69, 9.17) is 0 Å². The van der Waals surface area contributed by atoms with Crippen LogP contribution in [0, 0.1) is 6.92 Å². The van der Waals surface area contributed by atoms with Crippen LogP contribution in [0.4, 0.5) is 5.69 Å². The molecule has 0 aliphatic rings. The average Bonchev–Trinajstić information content (AvgIpc) is 2.20. The molecule has 1 aromatic rings. The predicted octanol–water partition coefficient (Wildman–Crippen LogP) is 4.01. The molecule has 80 valence electrons. The first-order chi connectivity index (χ1) is 6.67. The van der Waals surface area contributed by atoms with Crippen LogP contribution in [0.1, 0.15) is 39.7 Å². The molecule has 0 spiro atoms. The van der Waals surface area contributed by atoms with Crippen molar-refractivity contribution >= 4 is 5.69 Å². The zero-order valence-corrected chi connectivity index (χ0v) is 9.72. The summed E-state index contributed by atoms with van der Waals surface area (Å²) in [5, 5.41) is 3.54. The lowest BCUT2D eigenvalue weighted by atomic mass is 10.1. The van der Waals surface area contributed by atoms with Gasteiger partial charge in [-0.1, -0.05) is 31.5 Å². The van der Waals surface area contributed by atoms with Crippen LogP contribution < -0.4 is 5.32 Å². The fourth-order valence-electron chi connectivity index (χ4n) is 1.52. The number of hydrogen-bond donors (Lipinski definition) is 1. The van der Waals surface area contributed by atoms with Crippen LogP contribution in [0.3, 0.4) is 0 Å². The molecule has 1 rings (SSSR count). The van der Waals surface area contributed by atoms with Gasteiger partial charge in [-0.2, -0.15) is 0 Å². The SMILES string of the molecule is CCc1cc(C)ccc1NC(C)CC.[HH]. The second-order valence-electron chi connectivity index (χ2n) is 3.97. The van der Waals surface area contributed by atoms with Gasteiger partial charge in [-0.3, -0.25) is 0 Å². The van der Waals surface area contributed by atoms with Gasteiger partial charge in [-0.05, 0) is 38.3 Å². The Labute approximate surface area is 89.0 Å². The van der Waals surface area contributed by atoms with E-state index in [-0.39, 0.29) is 1.43 Å². The van der Waals surface area contributed by atoms with E-state index in [2.05, 4.69) is 51.2 Å². The molecule has 14 heavy (non-hydrogen) atoms. The van der Waals surface area contributed by atoms with Crippen molar-refractivity contribution in [2.24, 2.45) is 0 Å². The average molecular weight is 193 g/mol. The van der Waals surface area contributed by atoms with Crippen LogP contribution in [-0.2, 0) is 6.42 Å². The number of rotatable bonds is 4. The summed E-state index contributed by atoms with van der Waals surface area (Å²) in [6.45, 7) is 8.78. The largest absolute Gasteiger partial charge is 0.382 e. The zero-order valence-electron chi connectivity index (χ0n) is 9.72. The van der Waals surface area contributed by atoms with Crippen molar-refractivity contribution in [3.05, 3.63) is 29.3 Å². The van der Waals surface area contributed by atoms with E-state index >= 15 is 0 Å². The topological polar surface area (TPSA) is 12.0 Å². The molecule has 0 saturated carbocycles. The molecular weight excluding hydrogens is 170 g/mol. The number of hydrogen-bond acceptors (Lipinski definition) is 1. The van der Waals surface area contributed by atoms with E-state index in [1.807, 2.05) is 0 Å². The van der Waals surface area contributed by atoms with Crippen molar-refractivity contribution < 1.29 is 1.43 Å². The fourth-order valence-corrected chi connectivity index (χ4v) is 1.52. The van der Waals surface area contributed by atoms with E-state index in [9.17, 15) is 0 Å². The Kier molecular flexibility index (Phi) is 3.99. The van der Waals surface area contributed by atoms with Gasteiger partial charge < -0.3 is 5.32 Å². The van der Waals surface area contributed by atoms with Crippen molar-refractivity contribution in [2.45, 2.75) is 46.6 Å². The minimum Gasteiger partial charge on any atom is -0.382 e. The van der Waals surface area contributed by atoms with Gasteiger partial charge in [0.25, 0.3) is 0 Å². The van der Waals surface area contributed by atoms with Crippen LogP contribution >= 0.6 is 0 Å². The molecule has 1 unspecified atom stereocenters. The third-order valence-corrected chi connectivity index (χ3v) is 2.66. The second kappa shape index (κ2) is 5.04. The Morgan fingerprint density at radius 2 is 2.07 bits per heavy atom. The Morgan fingerprint density at radius 3 is 2.64 bits per heavy atom. The molecule has 0 fully saturated rings. The summed E-state index contributed by atoms with van der Waals surface area (Å²) >= 11 is 0. The van der Waals surface area contributed by atoms with Crippen LogP contribution in [0.15, 0.2) is 18.2 Å². The monoisotopic (exact) mass is 193 g/mol. The third-order valence-electron chi connectivity index (χ3n) is 2.66. The standard InChI is InChI=1S/C13H21N.H2/c1-5-11(4)14-13-8-7-10(3)9-12(13)6-2;/h7-9,11,14H,5-6H2,1-4H3;1H. The molecule has 0 bridgehead atoms. The van der Waals surface area contributed by atoms with E-state index in [1.54, 1.807) is 0 Å². The normalized spacial score (nSPS) is 12.6. The summed E-state index contributed by atoms with van der Waals surface area (Å²) in [4.78, 5) is 0. The van der Waals surface area contributed by atoms with Gasteiger partial charge in [0.05, 0.1) is 0 Å². The maximum atomic E-state index is 3.54. The lowest BCUT2D eigenvalue weighted by Gasteiger charge is -2.16. The molecule has 0 radical (unpaired) electrons. The molecule has 1 nitrogen and oxygen atoms in total. The summed E-state index contributed by atoms with van der Waals surface area (Å²) in [6, 6.07) is 7.19. The van der Waals surface area contributed by atoms with Gasteiger partial charge in [0.1, 0.15) is 0 Å². The van der Waals surface area contributed by atoms with E-state index in [1.165, 1.54) is 16.8 Å². The number of nitrogens with one attached hydrogen (secondary N) is 1. The summed E-state index contributed by atoms with van der Waals surface area (Å²) in [5.74, 6) is 0. The van der Waals surface area contributed by atoms with Gasteiger partial charge in [0.15, 0.2) is 0 Å². The van der Waals surface area contributed by atoms with Gasteiger partial charge in [-0.15, -0.1) is 0 Å². The van der Waals surface area contributed by atoms with Crippen molar-refractivity contribution in [3.63, 3.8) is 0 Å². The molecule has 1 N–H and O–H groups in total. The first-order valence-corrected chi connectivity index (χ1v) is 5.53. The quantitative estimate of drug-likeness (QED) is 0.761. The molecule has 1 aromatic carbocycles. The highest BCUT2D eigenvalue weighted by atomic mass is 14.9. The van der Waals surface area contributed by atoms with E-state index in [0.717, 1.165) is 12.8 Å². The summed E-state index contributed by atoms with van der Waals surface area (Å²) in [5.41, 5.74) is 4.06. The van der Waals surface area contributed by atoms with Crippen LogP contribution in [-0.4, -0.2) is 6.04 Å². The van der Waals surface area contributed by atoms with Crippen LogP contribution in [0.5, 0.6) is 0 Å². The minimum atomic E-state index is 0.